The Morgan fingerprint density at radius 2 is 2.07 bits per heavy atom. The topological polar surface area (TPSA) is 23.8 Å². The van der Waals surface area contributed by atoms with Crippen molar-refractivity contribution < 1.29 is 4.39 Å². The highest BCUT2D eigenvalue weighted by atomic mass is 32.1. The number of benzene rings is 1. The largest absolute Gasteiger partial charge is 0.206 e. The first-order valence-corrected chi connectivity index (χ1v) is 4.93. The predicted molar refractivity (Wildman–Crippen MR) is 54.4 cm³/mol. The molecule has 0 saturated heterocycles. The van der Waals surface area contributed by atoms with E-state index >= 15 is 0 Å². The van der Waals surface area contributed by atoms with Gasteiger partial charge in [0.25, 0.3) is 0 Å². The van der Waals surface area contributed by atoms with Crippen LogP contribution in [0.5, 0.6) is 0 Å². The molecule has 1 nitrogen and oxygen atoms in total. The Bertz CT molecular complexity index is 496. The van der Waals surface area contributed by atoms with Gasteiger partial charge < -0.3 is 0 Å². The van der Waals surface area contributed by atoms with E-state index in [0.29, 0.717) is 10.4 Å². The number of nitrogens with zero attached hydrogens (tertiary/aromatic N) is 1. The molecule has 2 aromatic rings. The van der Waals surface area contributed by atoms with Gasteiger partial charge in [-0.1, -0.05) is 18.2 Å². The number of rotatable bonds is 1. The van der Waals surface area contributed by atoms with Crippen LogP contribution in [-0.2, 0) is 0 Å². The molecule has 3 heteroatoms. The van der Waals surface area contributed by atoms with Crippen LogP contribution in [0.1, 0.15) is 4.88 Å². The van der Waals surface area contributed by atoms with E-state index in [1.165, 1.54) is 17.4 Å². The van der Waals surface area contributed by atoms with Gasteiger partial charge in [0.1, 0.15) is 16.8 Å². The summed E-state index contributed by atoms with van der Waals surface area (Å²) in [4.78, 5) is 0.600. The zero-order valence-corrected chi connectivity index (χ0v) is 8.01. The lowest BCUT2D eigenvalue weighted by atomic mass is 10.1. The highest BCUT2D eigenvalue weighted by Crippen LogP contribution is 2.26. The fourth-order valence-electron chi connectivity index (χ4n) is 1.23. The molecule has 2 rings (SSSR count). The van der Waals surface area contributed by atoms with Crippen LogP contribution >= 0.6 is 11.3 Å². The molecule has 1 aromatic heterocycles. The molecule has 14 heavy (non-hydrogen) atoms. The van der Waals surface area contributed by atoms with Crippen molar-refractivity contribution in [1.29, 1.82) is 5.26 Å². The minimum Gasteiger partial charge on any atom is -0.206 e. The summed E-state index contributed by atoms with van der Waals surface area (Å²) in [6, 6.07) is 10.3. The molecule has 0 N–H and O–H groups in total. The number of thiophene rings is 1. The Hall–Kier alpha value is -1.66. The van der Waals surface area contributed by atoms with Crippen LogP contribution in [0.2, 0.25) is 0 Å². The second kappa shape index (κ2) is 3.60. The van der Waals surface area contributed by atoms with Crippen LogP contribution in [0.3, 0.4) is 0 Å². The summed E-state index contributed by atoms with van der Waals surface area (Å²) < 4.78 is 13.3. The summed E-state index contributed by atoms with van der Waals surface area (Å²) in [6.45, 7) is 0. The Kier molecular flexibility index (Phi) is 2.30. The zero-order chi connectivity index (χ0) is 9.97. The van der Waals surface area contributed by atoms with Gasteiger partial charge in [-0.15, -0.1) is 11.3 Å². The van der Waals surface area contributed by atoms with E-state index in [2.05, 4.69) is 0 Å². The molecule has 68 valence electrons. The Balaban J connectivity index is 2.51. The second-order valence-electron chi connectivity index (χ2n) is 2.79. The number of halogens is 1. The van der Waals surface area contributed by atoms with E-state index in [1.807, 2.05) is 6.07 Å². The molecule has 0 atom stereocenters. The summed E-state index contributed by atoms with van der Waals surface area (Å²) >= 11 is 1.33. The van der Waals surface area contributed by atoms with Crippen molar-refractivity contribution in [1.82, 2.24) is 0 Å². The molecule has 0 aliphatic carbocycles. The highest BCUT2D eigenvalue weighted by Gasteiger charge is 2.05. The summed E-state index contributed by atoms with van der Waals surface area (Å²) in [5, 5.41) is 10.4. The molecule has 1 aromatic carbocycles. The molecule has 0 amide bonds. The third-order valence-corrected chi connectivity index (χ3v) is 2.73. The standard InChI is InChI=1S/C11H6FNS/c12-11-4-2-1-3-10(11)8-5-9(6-13)14-7-8/h1-5,7H. The van der Waals surface area contributed by atoms with Gasteiger partial charge in [0.15, 0.2) is 0 Å². The van der Waals surface area contributed by atoms with E-state index in [9.17, 15) is 4.39 Å². The number of hydrogen-bond donors (Lipinski definition) is 0. The summed E-state index contributed by atoms with van der Waals surface area (Å²) in [5.41, 5.74) is 1.31. The third-order valence-electron chi connectivity index (χ3n) is 1.89. The van der Waals surface area contributed by atoms with E-state index in [4.69, 9.17) is 5.26 Å². The van der Waals surface area contributed by atoms with Gasteiger partial charge in [-0.3, -0.25) is 0 Å². The maximum Gasteiger partial charge on any atom is 0.131 e. The van der Waals surface area contributed by atoms with Crippen LogP contribution in [-0.4, -0.2) is 0 Å². The van der Waals surface area contributed by atoms with Gasteiger partial charge in [-0.05, 0) is 17.7 Å². The molecule has 0 aliphatic heterocycles. The Morgan fingerprint density at radius 1 is 1.29 bits per heavy atom. The highest BCUT2D eigenvalue weighted by molar-refractivity contribution is 7.10. The predicted octanol–water partition coefficient (Wildman–Crippen LogP) is 3.43. The minimum atomic E-state index is -0.255. The molecule has 0 radical (unpaired) electrons. The second-order valence-corrected chi connectivity index (χ2v) is 3.70. The van der Waals surface area contributed by atoms with Crippen molar-refractivity contribution in [2.24, 2.45) is 0 Å². The lowest BCUT2D eigenvalue weighted by Crippen LogP contribution is -1.79. The van der Waals surface area contributed by atoms with Crippen molar-refractivity contribution >= 4 is 11.3 Å². The van der Waals surface area contributed by atoms with E-state index in [0.717, 1.165) is 5.56 Å². The van der Waals surface area contributed by atoms with Crippen molar-refractivity contribution in [2.75, 3.05) is 0 Å². The van der Waals surface area contributed by atoms with Crippen LogP contribution in [0, 0.1) is 17.1 Å². The smallest absolute Gasteiger partial charge is 0.131 e. The van der Waals surface area contributed by atoms with Crippen molar-refractivity contribution in [2.45, 2.75) is 0 Å². The summed E-state index contributed by atoms with van der Waals surface area (Å²) in [5.74, 6) is -0.255. The van der Waals surface area contributed by atoms with Crippen LogP contribution in [0.15, 0.2) is 35.7 Å². The fraction of sp³-hybridized carbons (Fsp3) is 0. The first kappa shape index (κ1) is 8.92. The molecule has 0 fully saturated rings. The Labute approximate surface area is 85.1 Å². The molecule has 0 bridgehead atoms. The first-order valence-electron chi connectivity index (χ1n) is 4.05. The van der Waals surface area contributed by atoms with Crippen LogP contribution in [0.4, 0.5) is 4.39 Å². The van der Waals surface area contributed by atoms with Crippen molar-refractivity contribution in [3.8, 4) is 17.2 Å². The van der Waals surface area contributed by atoms with Gasteiger partial charge in [-0.25, -0.2) is 4.39 Å². The van der Waals surface area contributed by atoms with E-state index < -0.39 is 0 Å². The Morgan fingerprint density at radius 3 is 2.71 bits per heavy atom. The monoisotopic (exact) mass is 203 g/mol. The molecule has 1 heterocycles. The molecular formula is C11H6FNS. The molecular weight excluding hydrogens is 197 g/mol. The van der Waals surface area contributed by atoms with Gasteiger partial charge >= 0.3 is 0 Å². The molecule has 0 unspecified atom stereocenters. The van der Waals surface area contributed by atoms with Crippen molar-refractivity contribution in [3.05, 3.63) is 46.4 Å². The average Bonchev–Trinajstić information content (AvgIpc) is 2.67. The van der Waals surface area contributed by atoms with Gasteiger partial charge in [0, 0.05) is 10.9 Å². The zero-order valence-electron chi connectivity index (χ0n) is 7.20. The van der Waals surface area contributed by atoms with Crippen molar-refractivity contribution in [3.63, 3.8) is 0 Å². The molecule has 0 aliphatic rings. The summed E-state index contributed by atoms with van der Waals surface area (Å²) in [7, 11) is 0. The van der Waals surface area contributed by atoms with E-state index in [1.54, 1.807) is 29.6 Å². The molecule has 0 spiro atoms. The van der Waals surface area contributed by atoms with Gasteiger partial charge in [-0.2, -0.15) is 5.26 Å². The van der Waals surface area contributed by atoms with Crippen LogP contribution < -0.4 is 0 Å². The summed E-state index contributed by atoms with van der Waals surface area (Å²) in [6.07, 6.45) is 0. The quantitative estimate of drug-likeness (QED) is 0.696. The normalized spacial score (nSPS) is 9.71. The maximum absolute atomic E-state index is 13.3. The number of nitriles is 1. The number of hydrogen-bond acceptors (Lipinski definition) is 2. The SMILES string of the molecule is N#Cc1cc(-c2ccccc2F)cs1. The lowest BCUT2D eigenvalue weighted by molar-refractivity contribution is 0.631. The average molecular weight is 203 g/mol. The molecule has 0 saturated carbocycles. The van der Waals surface area contributed by atoms with Gasteiger partial charge in [0.2, 0.25) is 0 Å². The maximum atomic E-state index is 13.3. The minimum absolute atomic E-state index is 0.255. The first-order chi connectivity index (χ1) is 6.81. The third kappa shape index (κ3) is 1.52. The fourth-order valence-corrected chi connectivity index (χ4v) is 1.93. The van der Waals surface area contributed by atoms with Gasteiger partial charge in [0.05, 0.1) is 0 Å². The van der Waals surface area contributed by atoms with Crippen LogP contribution in [0.25, 0.3) is 11.1 Å². The van der Waals surface area contributed by atoms with E-state index in [-0.39, 0.29) is 5.82 Å². The lowest BCUT2D eigenvalue weighted by Gasteiger charge is -1.97.